The maximum atomic E-state index is 13.5. The van der Waals surface area contributed by atoms with Gasteiger partial charge in [0.15, 0.2) is 5.67 Å². The molecule has 0 radical (unpaired) electrons. The molecule has 0 heterocycles. The molecule has 0 aromatic heterocycles. The number of hydrogen-bond donors (Lipinski definition) is 1. The summed E-state index contributed by atoms with van der Waals surface area (Å²) >= 11 is 2.06. The molecule has 2 N–H and O–H groups in total. The Morgan fingerprint density at radius 2 is 2.08 bits per heavy atom. The van der Waals surface area contributed by atoms with Gasteiger partial charge in [-0.25, -0.2) is 4.39 Å². The second-order valence-corrected chi connectivity index (χ2v) is 4.32. The predicted octanol–water partition coefficient (Wildman–Crippen LogP) is 2.58. The van der Waals surface area contributed by atoms with Crippen molar-refractivity contribution in [3.8, 4) is 0 Å². The third kappa shape index (κ3) is 1.93. The van der Waals surface area contributed by atoms with E-state index < -0.39 is 16.5 Å². The molecular formula is C7H11BrF3N. The molecule has 2 atom stereocenters. The zero-order valence-corrected chi connectivity index (χ0v) is 8.08. The quantitative estimate of drug-likeness (QED) is 0.707. The fourth-order valence-corrected chi connectivity index (χ4v) is 1.88. The summed E-state index contributed by atoms with van der Waals surface area (Å²) in [6.45, 7) is 0. The zero-order chi connectivity index (χ0) is 9.41. The number of alkyl halides is 4. The van der Waals surface area contributed by atoms with Gasteiger partial charge in [0.05, 0.1) is 0 Å². The van der Waals surface area contributed by atoms with Crippen molar-refractivity contribution in [2.45, 2.75) is 42.2 Å². The smallest absolute Gasteiger partial charge is 0.328 e. The van der Waals surface area contributed by atoms with Crippen molar-refractivity contribution in [3.05, 3.63) is 0 Å². The first kappa shape index (κ1) is 10.3. The molecule has 0 spiro atoms. The molecule has 1 saturated carbocycles. The Labute approximate surface area is 77.6 Å². The molecule has 0 bridgehead atoms. The maximum Gasteiger partial charge on any atom is 0.334 e. The Bertz CT molecular complexity index is 171. The van der Waals surface area contributed by atoms with Gasteiger partial charge in [-0.05, 0) is 35.2 Å². The molecule has 5 heteroatoms. The molecule has 0 aromatic carbocycles. The minimum absolute atomic E-state index is 0.112. The average molecular weight is 246 g/mol. The summed E-state index contributed by atoms with van der Waals surface area (Å²) in [5, 5.41) is 0. The van der Waals surface area contributed by atoms with E-state index in [0.29, 0.717) is 12.8 Å². The van der Waals surface area contributed by atoms with E-state index in [1.165, 1.54) is 0 Å². The van der Waals surface area contributed by atoms with Crippen LogP contribution in [0.1, 0.15) is 25.7 Å². The molecule has 1 rings (SSSR count). The van der Waals surface area contributed by atoms with Gasteiger partial charge in [0.1, 0.15) is 0 Å². The topological polar surface area (TPSA) is 26.0 Å². The lowest BCUT2D eigenvalue weighted by molar-refractivity contribution is -0.0823. The van der Waals surface area contributed by atoms with Crippen LogP contribution in [0.2, 0.25) is 0 Å². The van der Waals surface area contributed by atoms with Crippen LogP contribution >= 0.6 is 15.9 Å². The first-order valence-electron chi connectivity index (χ1n) is 3.86. The monoisotopic (exact) mass is 245 g/mol. The summed E-state index contributed by atoms with van der Waals surface area (Å²) in [6, 6.07) is -0.438. The molecule has 0 saturated heterocycles. The third-order valence-corrected chi connectivity index (χ3v) is 2.95. The number of halogens is 4. The minimum Gasteiger partial charge on any atom is -0.328 e. The first-order chi connectivity index (χ1) is 5.35. The van der Waals surface area contributed by atoms with Crippen molar-refractivity contribution < 1.29 is 13.2 Å². The summed E-state index contributed by atoms with van der Waals surface area (Å²) in [6.07, 6.45) is 0.692. The molecule has 12 heavy (non-hydrogen) atoms. The van der Waals surface area contributed by atoms with Crippen LogP contribution in [-0.2, 0) is 0 Å². The SMILES string of the molecule is NC1CCCC(F)(C(F)(F)Br)C1. The van der Waals surface area contributed by atoms with E-state index >= 15 is 0 Å². The highest BCUT2D eigenvalue weighted by Crippen LogP contribution is 2.46. The van der Waals surface area contributed by atoms with Crippen LogP contribution in [0, 0.1) is 0 Å². The van der Waals surface area contributed by atoms with Gasteiger partial charge in [0.2, 0.25) is 0 Å². The molecule has 2 unspecified atom stereocenters. The Balaban J connectivity index is 2.70. The van der Waals surface area contributed by atoms with Gasteiger partial charge in [-0.3, -0.25) is 0 Å². The van der Waals surface area contributed by atoms with Crippen LogP contribution < -0.4 is 5.73 Å². The molecule has 0 aromatic rings. The molecule has 0 aliphatic heterocycles. The second-order valence-electron chi connectivity index (χ2n) is 3.32. The lowest BCUT2D eigenvalue weighted by atomic mass is 9.84. The van der Waals surface area contributed by atoms with E-state index in [-0.39, 0.29) is 12.8 Å². The largest absolute Gasteiger partial charge is 0.334 e. The van der Waals surface area contributed by atoms with E-state index in [0.717, 1.165) is 0 Å². The molecule has 1 nitrogen and oxygen atoms in total. The Hall–Kier alpha value is 0.230. The van der Waals surface area contributed by atoms with Gasteiger partial charge in [-0.1, -0.05) is 0 Å². The van der Waals surface area contributed by atoms with E-state index in [4.69, 9.17) is 5.73 Å². The molecule has 1 aliphatic rings. The highest BCUT2D eigenvalue weighted by Gasteiger charge is 2.54. The van der Waals surface area contributed by atoms with Crippen LogP contribution in [-0.4, -0.2) is 16.5 Å². The molecule has 0 amide bonds. The van der Waals surface area contributed by atoms with Crippen LogP contribution in [0.4, 0.5) is 13.2 Å². The molecule has 1 aliphatic carbocycles. The Morgan fingerprint density at radius 3 is 2.42 bits per heavy atom. The summed E-state index contributed by atoms with van der Waals surface area (Å²) in [5.41, 5.74) is 2.96. The van der Waals surface area contributed by atoms with Crippen molar-refractivity contribution in [1.29, 1.82) is 0 Å². The summed E-state index contributed by atoms with van der Waals surface area (Å²) in [5.74, 6) is 0. The van der Waals surface area contributed by atoms with Crippen molar-refractivity contribution in [2.75, 3.05) is 0 Å². The van der Waals surface area contributed by atoms with Gasteiger partial charge in [0.25, 0.3) is 0 Å². The molecule has 1 fully saturated rings. The summed E-state index contributed by atoms with van der Waals surface area (Å²) in [7, 11) is 0. The van der Waals surface area contributed by atoms with E-state index in [1.807, 2.05) is 0 Å². The minimum atomic E-state index is -3.45. The Kier molecular flexibility index (Phi) is 2.73. The van der Waals surface area contributed by atoms with Gasteiger partial charge < -0.3 is 5.73 Å². The van der Waals surface area contributed by atoms with Gasteiger partial charge >= 0.3 is 4.83 Å². The highest BCUT2D eigenvalue weighted by molar-refractivity contribution is 9.10. The van der Waals surface area contributed by atoms with Crippen LogP contribution in [0.15, 0.2) is 0 Å². The van der Waals surface area contributed by atoms with Gasteiger partial charge in [-0.2, -0.15) is 8.78 Å². The Morgan fingerprint density at radius 1 is 1.50 bits per heavy atom. The van der Waals surface area contributed by atoms with Crippen molar-refractivity contribution in [3.63, 3.8) is 0 Å². The van der Waals surface area contributed by atoms with Gasteiger partial charge in [-0.15, -0.1) is 0 Å². The van der Waals surface area contributed by atoms with Crippen LogP contribution in [0.25, 0.3) is 0 Å². The number of hydrogen-bond acceptors (Lipinski definition) is 1. The van der Waals surface area contributed by atoms with E-state index in [2.05, 4.69) is 15.9 Å². The van der Waals surface area contributed by atoms with Crippen LogP contribution in [0.3, 0.4) is 0 Å². The van der Waals surface area contributed by atoms with Crippen molar-refractivity contribution in [1.82, 2.24) is 0 Å². The zero-order valence-electron chi connectivity index (χ0n) is 6.49. The predicted molar refractivity (Wildman–Crippen MR) is 44.2 cm³/mol. The summed E-state index contributed by atoms with van der Waals surface area (Å²) < 4.78 is 38.8. The highest BCUT2D eigenvalue weighted by atomic mass is 79.9. The lowest BCUT2D eigenvalue weighted by Gasteiger charge is -2.35. The molecule has 72 valence electrons. The van der Waals surface area contributed by atoms with E-state index in [9.17, 15) is 13.2 Å². The van der Waals surface area contributed by atoms with Crippen molar-refractivity contribution >= 4 is 15.9 Å². The fraction of sp³-hybridized carbons (Fsp3) is 1.00. The molecular weight excluding hydrogens is 235 g/mol. The summed E-state index contributed by atoms with van der Waals surface area (Å²) in [4.78, 5) is -3.45. The number of nitrogens with two attached hydrogens (primary N) is 1. The standard InChI is InChI=1S/C7H11BrF3N/c8-7(10,11)6(9)3-1-2-5(12)4-6/h5H,1-4,12H2. The second kappa shape index (κ2) is 3.18. The average Bonchev–Trinajstić information content (AvgIpc) is 1.83. The fourth-order valence-electron chi connectivity index (χ4n) is 1.52. The van der Waals surface area contributed by atoms with Crippen molar-refractivity contribution in [2.24, 2.45) is 5.73 Å². The maximum absolute atomic E-state index is 13.5. The number of rotatable bonds is 1. The lowest BCUT2D eigenvalue weighted by Crippen LogP contribution is -2.47. The van der Waals surface area contributed by atoms with Gasteiger partial charge in [0, 0.05) is 12.5 Å². The third-order valence-electron chi connectivity index (χ3n) is 2.24. The van der Waals surface area contributed by atoms with E-state index in [1.54, 1.807) is 0 Å². The van der Waals surface area contributed by atoms with Crippen LogP contribution in [0.5, 0.6) is 0 Å². The first-order valence-corrected chi connectivity index (χ1v) is 4.66. The normalized spacial score (nSPS) is 38.2.